The van der Waals surface area contributed by atoms with E-state index in [1.807, 2.05) is 63.7 Å². The minimum atomic E-state index is -0.418. The van der Waals surface area contributed by atoms with Crippen molar-refractivity contribution in [1.29, 1.82) is 0 Å². The Kier molecular flexibility index (Phi) is 6.85. The summed E-state index contributed by atoms with van der Waals surface area (Å²) in [5, 5.41) is 2.74. The summed E-state index contributed by atoms with van der Waals surface area (Å²) in [6.07, 6.45) is 0. The number of fused-ring (bicyclic) bond motifs is 1. The van der Waals surface area contributed by atoms with Gasteiger partial charge in [-0.25, -0.2) is 0 Å². The molecular weight excluding hydrogens is 478 g/mol. The molecule has 0 N–H and O–H groups in total. The van der Waals surface area contributed by atoms with Gasteiger partial charge in [0, 0.05) is 53.9 Å². The third-order valence-corrected chi connectivity index (χ3v) is 8.04. The average molecular weight is 508 g/mol. The highest BCUT2D eigenvalue weighted by atomic mass is 35.5. The predicted molar refractivity (Wildman–Crippen MR) is 142 cm³/mol. The molecule has 7 heteroatoms. The van der Waals surface area contributed by atoms with Crippen LogP contribution in [0.3, 0.4) is 0 Å². The molecule has 0 unspecified atom stereocenters. The monoisotopic (exact) mass is 507 g/mol. The SMILES string of the molecule is CC(C)CN1C(=O)c2ccccc2[C@@H](C(=O)N2CCN(c3cccc(Cl)c3)CC2)[C@@H]1c1cccs1. The zero-order valence-corrected chi connectivity index (χ0v) is 21.6. The molecule has 5 rings (SSSR count). The maximum absolute atomic E-state index is 14.2. The molecule has 2 aliphatic heterocycles. The highest BCUT2D eigenvalue weighted by Gasteiger charge is 2.46. The maximum atomic E-state index is 14.2. The second-order valence-corrected chi connectivity index (χ2v) is 11.1. The van der Waals surface area contributed by atoms with Gasteiger partial charge in [0.1, 0.15) is 0 Å². The Labute approximate surface area is 215 Å². The number of piperazine rings is 1. The predicted octanol–water partition coefficient (Wildman–Crippen LogP) is 5.69. The Balaban J connectivity index is 1.47. The number of nitrogens with zero attached hydrogens (tertiary/aromatic N) is 3. The number of hydrogen-bond donors (Lipinski definition) is 0. The van der Waals surface area contributed by atoms with Gasteiger partial charge in [-0.15, -0.1) is 11.3 Å². The van der Waals surface area contributed by atoms with Crippen LogP contribution in [0.15, 0.2) is 66.0 Å². The van der Waals surface area contributed by atoms with Crippen molar-refractivity contribution in [2.45, 2.75) is 25.8 Å². The zero-order valence-electron chi connectivity index (χ0n) is 20.1. The molecular formula is C28H30ClN3O2S. The number of halogens is 1. The molecule has 5 nitrogen and oxygen atoms in total. The molecule has 2 aliphatic rings. The number of thiophene rings is 1. The molecule has 0 aliphatic carbocycles. The van der Waals surface area contributed by atoms with Gasteiger partial charge in [0.25, 0.3) is 5.91 Å². The molecule has 3 aromatic rings. The van der Waals surface area contributed by atoms with Crippen molar-refractivity contribution in [3.63, 3.8) is 0 Å². The summed E-state index contributed by atoms with van der Waals surface area (Å²) in [7, 11) is 0. The summed E-state index contributed by atoms with van der Waals surface area (Å²) in [4.78, 5) is 35.1. The van der Waals surface area contributed by atoms with E-state index in [9.17, 15) is 9.59 Å². The van der Waals surface area contributed by atoms with E-state index in [-0.39, 0.29) is 17.9 Å². The van der Waals surface area contributed by atoms with E-state index in [0.29, 0.717) is 36.1 Å². The van der Waals surface area contributed by atoms with E-state index in [1.165, 1.54) is 0 Å². The highest BCUT2D eigenvalue weighted by molar-refractivity contribution is 7.10. The van der Waals surface area contributed by atoms with E-state index < -0.39 is 5.92 Å². The summed E-state index contributed by atoms with van der Waals surface area (Å²) >= 11 is 7.81. The van der Waals surface area contributed by atoms with Crippen LogP contribution in [-0.4, -0.2) is 54.3 Å². The van der Waals surface area contributed by atoms with E-state index >= 15 is 0 Å². The maximum Gasteiger partial charge on any atom is 0.254 e. The van der Waals surface area contributed by atoms with Crippen LogP contribution in [0.4, 0.5) is 5.69 Å². The number of rotatable bonds is 5. The summed E-state index contributed by atoms with van der Waals surface area (Å²) in [5.41, 5.74) is 2.58. The first-order valence-corrected chi connectivity index (χ1v) is 13.4. The molecule has 182 valence electrons. The molecule has 2 amide bonds. The van der Waals surface area contributed by atoms with Gasteiger partial charge < -0.3 is 14.7 Å². The molecule has 35 heavy (non-hydrogen) atoms. The third-order valence-electron chi connectivity index (χ3n) is 6.87. The number of carbonyl (C=O) groups is 2. The first-order valence-electron chi connectivity index (χ1n) is 12.2. The van der Waals surface area contributed by atoms with Crippen LogP contribution in [0.25, 0.3) is 0 Å². The molecule has 0 radical (unpaired) electrons. The Morgan fingerprint density at radius 1 is 1.03 bits per heavy atom. The highest BCUT2D eigenvalue weighted by Crippen LogP contribution is 2.45. The van der Waals surface area contributed by atoms with Crippen molar-refractivity contribution in [1.82, 2.24) is 9.80 Å². The standard InChI is InChI=1S/C28H30ClN3O2S/c1-19(2)18-32-26(24-11-6-16-35-24)25(22-9-3-4-10-23(22)27(32)33)28(34)31-14-12-30(13-15-31)21-8-5-7-20(29)17-21/h3-11,16-17,19,25-26H,12-15,18H2,1-2H3/t25-,26+/m1/s1. The fourth-order valence-corrected chi connectivity index (χ4v) is 6.34. The van der Waals surface area contributed by atoms with Crippen molar-refractivity contribution in [2.24, 2.45) is 5.92 Å². The summed E-state index contributed by atoms with van der Waals surface area (Å²) < 4.78 is 0. The van der Waals surface area contributed by atoms with Crippen LogP contribution in [0, 0.1) is 5.92 Å². The number of anilines is 1. The summed E-state index contributed by atoms with van der Waals surface area (Å²) in [5.74, 6) is -0.00642. The first-order chi connectivity index (χ1) is 16.9. The average Bonchev–Trinajstić information content (AvgIpc) is 3.40. The van der Waals surface area contributed by atoms with Gasteiger partial charge in [0.15, 0.2) is 0 Å². The molecule has 1 fully saturated rings. The Hall–Kier alpha value is -2.83. The Morgan fingerprint density at radius 2 is 1.80 bits per heavy atom. The molecule has 0 bridgehead atoms. The topological polar surface area (TPSA) is 43.9 Å². The van der Waals surface area contributed by atoms with Gasteiger partial charge in [-0.1, -0.05) is 55.8 Å². The van der Waals surface area contributed by atoms with Crippen LogP contribution >= 0.6 is 22.9 Å². The van der Waals surface area contributed by atoms with Gasteiger partial charge in [-0.2, -0.15) is 0 Å². The lowest BCUT2D eigenvalue weighted by atomic mass is 9.80. The molecule has 1 saturated heterocycles. The van der Waals surface area contributed by atoms with Crippen molar-refractivity contribution in [3.8, 4) is 0 Å². The fraction of sp³-hybridized carbons (Fsp3) is 0.357. The van der Waals surface area contributed by atoms with E-state index in [4.69, 9.17) is 11.6 Å². The minimum absolute atomic E-state index is 0.0162. The molecule has 0 saturated carbocycles. The number of hydrogen-bond acceptors (Lipinski definition) is 4. The molecule has 3 heterocycles. The second kappa shape index (κ2) is 10.0. The lowest BCUT2D eigenvalue weighted by Crippen LogP contribution is -2.53. The van der Waals surface area contributed by atoms with E-state index in [0.717, 1.165) is 29.2 Å². The molecule has 1 aromatic heterocycles. The van der Waals surface area contributed by atoms with Crippen molar-refractivity contribution in [2.75, 3.05) is 37.6 Å². The molecule has 2 aromatic carbocycles. The zero-order chi connectivity index (χ0) is 24.5. The minimum Gasteiger partial charge on any atom is -0.368 e. The fourth-order valence-electron chi connectivity index (χ4n) is 5.28. The van der Waals surface area contributed by atoms with Crippen LogP contribution in [-0.2, 0) is 4.79 Å². The lowest BCUT2D eigenvalue weighted by molar-refractivity contribution is -0.135. The number of amides is 2. The van der Waals surface area contributed by atoms with Gasteiger partial charge in [-0.3, -0.25) is 9.59 Å². The van der Waals surface area contributed by atoms with Crippen molar-refractivity contribution in [3.05, 3.63) is 87.1 Å². The smallest absolute Gasteiger partial charge is 0.254 e. The number of benzene rings is 2. The molecule has 2 atom stereocenters. The largest absolute Gasteiger partial charge is 0.368 e. The van der Waals surface area contributed by atoms with Crippen LogP contribution in [0.2, 0.25) is 5.02 Å². The normalized spacial score (nSPS) is 20.3. The van der Waals surface area contributed by atoms with E-state index in [2.05, 4.69) is 30.9 Å². The van der Waals surface area contributed by atoms with Gasteiger partial charge >= 0.3 is 0 Å². The Morgan fingerprint density at radius 3 is 2.49 bits per heavy atom. The lowest BCUT2D eigenvalue weighted by Gasteiger charge is -2.44. The summed E-state index contributed by atoms with van der Waals surface area (Å²) in [6, 6.07) is 19.3. The van der Waals surface area contributed by atoms with Crippen molar-refractivity contribution >= 4 is 40.4 Å². The quantitative estimate of drug-likeness (QED) is 0.446. The van der Waals surface area contributed by atoms with Crippen LogP contribution in [0.5, 0.6) is 0 Å². The van der Waals surface area contributed by atoms with Gasteiger partial charge in [-0.05, 0) is 47.2 Å². The van der Waals surface area contributed by atoms with Crippen LogP contribution in [0.1, 0.15) is 46.6 Å². The first kappa shape index (κ1) is 23.9. The number of carbonyl (C=O) groups excluding carboxylic acids is 2. The van der Waals surface area contributed by atoms with Crippen LogP contribution < -0.4 is 4.90 Å². The van der Waals surface area contributed by atoms with Crippen molar-refractivity contribution < 1.29 is 9.59 Å². The van der Waals surface area contributed by atoms with Gasteiger partial charge in [0.2, 0.25) is 5.91 Å². The third kappa shape index (κ3) is 4.69. The molecule has 0 spiro atoms. The van der Waals surface area contributed by atoms with E-state index in [1.54, 1.807) is 11.3 Å². The van der Waals surface area contributed by atoms with Gasteiger partial charge in [0.05, 0.1) is 12.0 Å². The second-order valence-electron chi connectivity index (χ2n) is 9.67. The summed E-state index contributed by atoms with van der Waals surface area (Å²) in [6.45, 7) is 7.62. The Bertz CT molecular complexity index is 1200.